The molecule has 2 aliphatic rings. The molecular formula is C26H52O3Si2. The quantitative estimate of drug-likeness (QED) is 0.174. The van der Waals surface area contributed by atoms with Gasteiger partial charge in [0.25, 0.3) is 0 Å². The molecule has 5 heteroatoms. The molecule has 2 fully saturated rings. The molecule has 2 rings (SSSR count). The SMILES string of the molecule is CCCCCC[C@@]1([Si](C)(C)C)C(=O)O[C@@H]1C[C@@H](O[Si](C)(C)C(C)(C)C)C1CCCCC1. The highest BCUT2D eigenvalue weighted by Gasteiger charge is 2.64. The molecule has 0 aromatic carbocycles. The van der Waals surface area contributed by atoms with E-state index < -0.39 is 16.4 Å². The van der Waals surface area contributed by atoms with E-state index >= 15 is 0 Å². The Morgan fingerprint density at radius 1 is 1.03 bits per heavy atom. The third kappa shape index (κ3) is 6.06. The van der Waals surface area contributed by atoms with Crippen molar-refractivity contribution in [2.45, 2.75) is 153 Å². The van der Waals surface area contributed by atoms with Crippen LogP contribution in [0.3, 0.4) is 0 Å². The van der Waals surface area contributed by atoms with Crippen LogP contribution in [0.4, 0.5) is 0 Å². The average molecular weight is 469 g/mol. The predicted octanol–water partition coefficient (Wildman–Crippen LogP) is 8.32. The number of hydrogen-bond acceptors (Lipinski definition) is 3. The van der Waals surface area contributed by atoms with Gasteiger partial charge in [-0.15, -0.1) is 0 Å². The topological polar surface area (TPSA) is 35.5 Å². The molecule has 0 unspecified atom stereocenters. The molecule has 31 heavy (non-hydrogen) atoms. The molecule has 182 valence electrons. The lowest BCUT2D eigenvalue weighted by molar-refractivity contribution is -0.187. The van der Waals surface area contributed by atoms with Crippen molar-refractivity contribution >= 4 is 22.4 Å². The maximum Gasteiger partial charge on any atom is 0.313 e. The Morgan fingerprint density at radius 2 is 1.65 bits per heavy atom. The van der Waals surface area contributed by atoms with Gasteiger partial charge < -0.3 is 9.16 Å². The summed E-state index contributed by atoms with van der Waals surface area (Å²) in [5, 5.41) is -0.0172. The maximum absolute atomic E-state index is 13.1. The standard InChI is InChI=1S/C26H52O3Si2/c1-10-11-12-16-19-26(30(5,6)7)23(28-24(26)27)20-22(21-17-14-13-15-18-21)29-31(8,9)25(2,3)4/h21-23H,10-20H2,1-9H3/t22-,23-,26+/m1/s1. The first-order valence-corrected chi connectivity index (χ1v) is 19.6. The second kappa shape index (κ2) is 10.4. The number of hydrogen-bond donors (Lipinski definition) is 0. The van der Waals surface area contributed by atoms with Crippen LogP contribution in [0.15, 0.2) is 0 Å². The lowest BCUT2D eigenvalue weighted by atomic mass is 9.79. The molecule has 0 spiro atoms. The van der Waals surface area contributed by atoms with Crippen molar-refractivity contribution in [3.05, 3.63) is 0 Å². The Balaban J connectivity index is 2.25. The number of rotatable bonds is 11. The maximum atomic E-state index is 13.1. The van der Waals surface area contributed by atoms with Gasteiger partial charge in [-0.3, -0.25) is 4.79 Å². The highest BCUT2D eigenvalue weighted by molar-refractivity contribution is 6.83. The van der Waals surface area contributed by atoms with E-state index in [1.165, 1.54) is 51.4 Å². The van der Waals surface area contributed by atoms with E-state index in [0.717, 1.165) is 19.3 Å². The molecule has 1 saturated carbocycles. The van der Waals surface area contributed by atoms with Crippen molar-refractivity contribution in [1.82, 2.24) is 0 Å². The summed E-state index contributed by atoms with van der Waals surface area (Å²) < 4.78 is 13.1. The molecule has 0 aromatic heterocycles. The predicted molar refractivity (Wildman–Crippen MR) is 138 cm³/mol. The van der Waals surface area contributed by atoms with Gasteiger partial charge in [-0.25, -0.2) is 0 Å². The van der Waals surface area contributed by atoms with Gasteiger partial charge in [0.1, 0.15) is 6.10 Å². The fourth-order valence-corrected chi connectivity index (χ4v) is 9.66. The van der Waals surface area contributed by atoms with Gasteiger partial charge >= 0.3 is 5.97 Å². The minimum Gasteiger partial charge on any atom is -0.461 e. The largest absolute Gasteiger partial charge is 0.461 e. The first-order valence-electron chi connectivity index (χ1n) is 13.1. The molecule has 0 radical (unpaired) electrons. The second-order valence-electron chi connectivity index (χ2n) is 13.0. The average Bonchev–Trinajstić information content (AvgIpc) is 2.65. The number of esters is 1. The van der Waals surface area contributed by atoms with Gasteiger partial charge in [0.05, 0.1) is 19.2 Å². The van der Waals surface area contributed by atoms with Crippen LogP contribution in [-0.2, 0) is 14.0 Å². The normalized spacial score (nSPS) is 27.0. The Bertz CT molecular complexity index is 584. The summed E-state index contributed by atoms with van der Waals surface area (Å²) in [6.07, 6.45) is 13.7. The van der Waals surface area contributed by atoms with Crippen LogP contribution in [0, 0.1) is 5.92 Å². The van der Waals surface area contributed by atoms with Crippen LogP contribution < -0.4 is 0 Å². The fraction of sp³-hybridized carbons (Fsp3) is 0.962. The van der Waals surface area contributed by atoms with Crippen molar-refractivity contribution < 1.29 is 14.0 Å². The minimum absolute atomic E-state index is 0.0602. The van der Waals surface area contributed by atoms with E-state index in [1.807, 2.05) is 0 Å². The summed E-state index contributed by atoms with van der Waals surface area (Å²) in [6.45, 7) is 21.2. The molecule has 0 aromatic rings. The van der Waals surface area contributed by atoms with Gasteiger partial charge in [0.15, 0.2) is 8.32 Å². The zero-order valence-corrected chi connectivity index (χ0v) is 24.2. The van der Waals surface area contributed by atoms with Crippen LogP contribution in [0.25, 0.3) is 0 Å². The minimum atomic E-state index is -1.88. The highest BCUT2D eigenvalue weighted by Crippen LogP contribution is 2.57. The third-order valence-corrected chi connectivity index (χ3v) is 16.8. The lowest BCUT2D eigenvalue weighted by Crippen LogP contribution is -2.63. The van der Waals surface area contributed by atoms with Crippen LogP contribution in [0.1, 0.15) is 98.3 Å². The lowest BCUT2D eigenvalue weighted by Gasteiger charge is -2.55. The number of carbonyl (C=O) groups excluding carboxylic acids is 1. The van der Waals surface area contributed by atoms with Crippen LogP contribution in [0.5, 0.6) is 0 Å². The molecule has 3 nitrogen and oxygen atoms in total. The molecule has 0 N–H and O–H groups in total. The monoisotopic (exact) mass is 468 g/mol. The smallest absolute Gasteiger partial charge is 0.313 e. The first-order chi connectivity index (χ1) is 14.3. The van der Waals surface area contributed by atoms with Gasteiger partial charge in [0, 0.05) is 6.42 Å². The second-order valence-corrected chi connectivity index (χ2v) is 23.1. The van der Waals surface area contributed by atoms with Crippen molar-refractivity contribution in [3.8, 4) is 0 Å². The number of unbranched alkanes of at least 4 members (excludes halogenated alkanes) is 3. The number of ether oxygens (including phenoxy) is 1. The Kier molecular flexibility index (Phi) is 9.11. The van der Waals surface area contributed by atoms with Gasteiger partial charge in [0.2, 0.25) is 0 Å². The summed E-state index contributed by atoms with van der Waals surface area (Å²) in [5.74, 6) is 0.726. The zero-order valence-electron chi connectivity index (χ0n) is 22.2. The Hall–Kier alpha value is -0.136. The van der Waals surface area contributed by atoms with Gasteiger partial charge in [-0.2, -0.15) is 0 Å². The van der Waals surface area contributed by atoms with Crippen LogP contribution in [-0.4, -0.2) is 34.6 Å². The van der Waals surface area contributed by atoms with E-state index in [4.69, 9.17) is 9.16 Å². The Morgan fingerprint density at radius 3 is 2.13 bits per heavy atom. The first kappa shape index (κ1) is 27.1. The molecule has 0 bridgehead atoms. The fourth-order valence-electron chi connectivity index (χ4n) is 5.52. The summed E-state index contributed by atoms with van der Waals surface area (Å²) in [4.78, 5) is 13.1. The molecule has 1 heterocycles. The Labute approximate surface area is 195 Å². The summed E-state index contributed by atoms with van der Waals surface area (Å²) >= 11 is 0. The molecular weight excluding hydrogens is 416 g/mol. The molecule has 1 aliphatic heterocycles. The van der Waals surface area contributed by atoms with E-state index in [9.17, 15) is 4.79 Å². The van der Waals surface area contributed by atoms with E-state index in [2.05, 4.69) is 60.4 Å². The summed E-state index contributed by atoms with van der Waals surface area (Å²) in [7, 11) is -3.62. The van der Waals surface area contributed by atoms with Crippen LogP contribution >= 0.6 is 0 Å². The zero-order chi connectivity index (χ0) is 23.5. The molecule has 1 aliphatic carbocycles. The van der Waals surface area contributed by atoms with Crippen molar-refractivity contribution in [2.24, 2.45) is 5.92 Å². The number of carbonyl (C=O) groups is 1. The van der Waals surface area contributed by atoms with E-state index in [1.54, 1.807) is 0 Å². The van der Waals surface area contributed by atoms with Gasteiger partial charge in [-0.05, 0) is 43.3 Å². The van der Waals surface area contributed by atoms with Crippen molar-refractivity contribution in [3.63, 3.8) is 0 Å². The van der Waals surface area contributed by atoms with Crippen molar-refractivity contribution in [2.75, 3.05) is 0 Å². The summed E-state index contributed by atoms with van der Waals surface area (Å²) in [6, 6.07) is 0. The molecule has 0 amide bonds. The van der Waals surface area contributed by atoms with Crippen LogP contribution in [0.2, 0.25) is 42.8 Å². The third-order valence-electron chi connectivity index (χ3n) is 8.80. The molecule has 1 saturated heterocycles. The van der Waals surface area contributed by atoms with Gasteiger partial charge in [-0.1, -0.05) is 92.3 Å². The van der Waals surface area contributed by atoms with E-state index in [-0.39, 0.29) is 28.3 Å². The van der Waals surface area contributed by atoms with Crippen molar-refractivity contribution in [1.29, 1.82) is 0 Å². The van der Waals surface area contributed by atoms with E-state index in [0.29, 0.717) is 5.92 Å². The highest BCUT2D eigenvalue weighted by atomic mass is 28.4. The molecule has 3 atom stereocenters. The number of cyclic esters (lactones) is 1. The summed E-state index contributed by atoms with van der Waals surface area (Å²) in [5.41, 5.74) is 0.